The van der Waals surface area contributed by atoms with E-state index in [2.05, 4.69) is 27.3 Å². The maximum atomic E-state index is 12.4. The van der Waals surface area contributed by atoms with Crippen LogP contribution in [0, 0.1) is 11.8 Å². The zero-order valence-corrected chi connectivity index (χ0v) is 16.8. The minimum Gasteiger partial charge on any atom is -0.438 e. The lowest BCUT2D eigenvalue weighted by Gasteiger charge is -2.14. The van der Waals surface area contributed by atoms with Gasteiger partial charge in [-0.1, -0.05) is 24.2 Å². The Labute approximate surface area is 180 Å². The van der Waals surface area contributed by atoms with Crippen molar-refractivity contribution in [1.82, 2.24) is 15.6 Å². The molecule has 1 fully saturated rings. The summed E-state index contributed by atoms with van der Waals surface area (Å²) in [6, 6.07) is 9.21. The van der Waals surface area contributed by atoms with E-state index < -0.39 is 12.5 Å². The molecule has 0 amide bonds. The molecule has 1 aliphatic heterocycles. The molecule has 7 nitrogen and oxygen atoms in total. The third-order valence-electron chi connectivity index (χ3n) is 5.42. The number of rotatable bonds is 6. The van der Waals surface area contributed by atoms with Gasteiger partial charge in [-0.3, -0.25) is 9.82 Å². The standard InChI is InChI=1S/C22H18F3N3O4/c1-12-8-17(12)19-20(13-2-4-15(5-3-13)31-22(23,24)25)32-28-21(19)30-16-6-7-18(26-10-16)14-9-27-29-11-14/h2-7,9-12,17,20,28H,8H2,1H3. The molecule has 3 aromatic rings. The number of aromatic nitrogens is 2. The molecular formula is C22H18F3N3O4. The molecule has 2 aromatic heterocycles. The van der Waals surface area contributed by atoms with Gasteiger partial charge in [-0.05, 0) is 48.1 Å². The van der Waals surface area contributed by atoms with Crippen molar-refractivity contribution in [2.45, 2.75) is 25.8 Å². The van der Waals surface area contributed by atoms with E-state index in [9.17, 15) is 13.2 Å². The highest BCUT2D eigenvalue weighted by molar-refractivity contribution is 5.56. The van der Waals surface area contributed by atoms with Gasteiger partial charge in [0.25, 0.3) is 0 Å². The largest absolute Gasteiger partial charge is 0.573 e. The Bertz CT molecular complexity index is 1110. The minimum absolute atomic E-state index is 0.250. The second kappa shape index (κ2) is 7.86. The van der Waals surface area contributed by atoms with Crippen LogP contribution < -0.4 is 15.0 Å². The van der Waals surface area contributed by atoms with Crippen LogP contribution in [0.2, 0.25) is 0 Å². The fourth-order valence-corrected chi connectivity index (χ4v) is 3.70. The summed E-state index contributed by atoms with van der Waals surface area (Å²) in [6.45, 7) is 2.13. The molecular weight excluding hydrogens is 427 g/mol. The van der Waals surface area contributed by atoms with Gasteiger partial charge < -0.3 is 14.0 Å². The average Bonchev–Trinajstić information content (AvgIpc) is 3.15. The van der Waals surface area contributed by atoms with E-state index in [1.54, 1.807) is 36.7 Å². The number of benzene rings is 1. The van der Waals surface area contributed by atoms with Gasteiger partial charge in [0.2, 0.25) is 5.88 Å². The Kier molecular flexibility index (Phi) is 5.01. The van der Waals surface area contributed by atoms with Gasteiger partial charge in [-0.2, -0.15) is 0 Å². The first kappa shape index (κ1) is 20.4. The highest BCUT2D eigenvalue weighted by Crippen LogP contribution is 2.51. The summed E-state index contributed by atoms with van der Waals surface area (Å²) < 4.78 is 52.1. The fraction of sp³-hybridized carbons (Fsp3) is 0.273. The van der Waals surface area contributed by atoms with Crippen molar-refractivity contribution in [2.24, 2.45) is 11.8 Å². The van der Waals surface area contributed by atoms with Gasteiger partial charge in [-0.25, -0.2) is 5.48 Å². The van der Waals surface area contributed by atoms with Crippen molar-refractivity contribution >= 4 is 0 Å². The summed E-state index contributed by atoms with van der Waals surface area (Å²) in [5.74, 6) is 1.40. The zero-order valence-electron chi connectivity index (χ0n) is 16.8. The number of nitrogens with zero attached hydrogens (tertiary/aromatic N) is 2. The van der Waals surface area contributed by atoms with Crippen LogP contribution in [0.1, 0.15) is 25.0 Å². The molecule has 3 heterocycles. The zero-order chi connectivity index (χ0) is 22.3. The van der Waals surface area contributed by atoms with Gasteiger partial charge in [0.15, 0.2) is 0 Å². The molecule has 166 valence electrons. The highest BCUT2D eigenvalue weighted by atomic mass is 19.4. The first-order valence-electron chi connectivity index (χ1n) is 9.92. The molecule has 5 rings (SSSR count). The number of hydroxylamine groups is 1. The van der Waals surface area contributed by atoms with Crippen molar-refractivity contribution in [3.63, 3.8) is 0 Å². The van der Waals surface area contributed by atoms with E-state index in [4.69, 9.17) is 14.1 Å². The molecule has 10 heteroatoms. The first-order chi connectivity index (χ1) is 15.4. The van der Waals surface area contributed by atoms with Gasteiger partial charge in [0, 0.05) is 5.57 Å². The summed E-state index contributed by atoms with van der Waals surface area (Å²) >= 11 is 0. The molecule has 0 saturated heterocycles. The van der Waals surface area contributed by atoms with Crippen molar-refractivity contribution in [2.75, 3.05) is 0 Å². The predicted molar refractivity (Wildman–Crippen MR) is 105 cm³/mol. The SMILES string of the molecule is CC1CC1C1=C(Oc2ccc(-c3cnoc3)nc2)NOC1c1ccc(OC(F)(F)F)cc1. The predicted octanol–water partition coefficient (Wildman–Crippen LogP) is 5.16. The lowest BCUT2D eigenvalue weighted by molar-refractivity contribution is -0.274. The van der Waals surface area contributed by atoms with Crippen LogP contribution in [0.3, 0.4) is 0 Å². The molecule has 0 spiro atoms. The number of pyridine rings is 1. The summed E-state index contributed by atoms with van der Waals surface area (Å²) in [5, 5.41) is 3.66. The molecule has 2 aliphatic rings. The van der Waals surface area contributed by atoms with Crippen LogP contribution in [0.25, 0.3) is 11.3 Å². The highest BCUT2D eigenvalue weighted by Gasteiger charge is 2.45. The number of hydrogen-bond donors (Lipinski definition) is 1. The van der Waals surface area contributed by atoms with E-state index in [-0.39, 0.29) is 11.7 Å². The molecule has 1 aliphatic carbocycles. The Balaban J connectivity index is 1.37. The Morgan fingerprint density at radius 1 is 1.06 bits per heavy atom. The van der Waals surface area contributed by atoms with Gasteiger partial charge in [-0.15, -0.1) is 13.2 Å². The van der Waals surface area contributed by atoms with Crippen LogP contribution in [0.5, 0.6) is 11.5 Å². The molecule has 3 unspecified atom stereocenters. The molecule has 1 N–H and O–H groups in total. The van der Waals surface area contributed by atoms with Gasteiger partial charge in [0.05, 0.1) is 23.7 Å². The first-order valence-corrected chi connectivity index (χ1v) is 9.92. The molecule has 3 atom stereocenters. The van der Waals surface area contributed by atoms with Crippen LogP contribution in [0.4, 0.5) is 13.2 Å². The second-order valence-corrected chi connectivity index (χ2v) is 7.72. The van der Waals surface area contributed by atoms with Crippen molar-refractivity contribution in [1.29, 1.82) is 0 Å². The van der Waals surface area contributed by atoms with Gasteiger partial charge in [0.1, 0.15) is 23.9 Å². The second-order valence-electron chi connectivity index (χ2n) is 7.72. The average molecular weight is 445 g/mol. The maximum absolute atomic E-state index is 12.4. The summed E-state index contributed by atoms with van der Waals surface area (Å²) in [4.78, 5) is 10.1. The third kappa shape index (κ3) is 4.26. The minimum atomic E-state index is -4.74. The number of ether oxygens (including phenoxy) is 2. The molecule has 1 aromatic carbocycles. The molecule has 1 saturated carbocycles. The Morgan fingerprint density at radius 3 is 2.41 bits per heavy atom. The van der Waals surface area contributed by atoms with E-state index in [0.29, 0.717) is 28.8 Å². The van der Waals surface area contributed by atoms with E-state index in [0.717, 1.165) is 17.6 Å². The number of halogens is 3. The van der Waals surface area contributed by atoms with Crippen LogP contribution in [-0.2, 0) is 4.84 Å². The topological polar surface area (TPSA) is 78.6 Å². The normalized spacial score (nSPS) is 22.6. The number of nitrogens with one attached hydrogen (secondary N) is 1. The molecule has 0 bridgehead atoms. The Morgan fingerprint density at radius 2 is 1.81 bits per heavy atom. The molecule has 32 heavy (non-hydrogen) atoms. The van der Waals surface area contributed by atoms with Crippen LogP contribution in [-0.4, -0.2) is 16.5 Å². The Hall–Kier alpha value is -3.53. The van der Waals surface area contributed by atoms with Gasteiger partial charge >= 0.3 is 6.36 Å². The monoisotopic (exact) mass is 445 g/mol. The van der Waals surface area contributed by atoms with E-state index in [1.807, 2.05) is 0 Å². The van der Waals surface area contributed by atoms with Crippen LogP contribution in [0.15, 0.2) is 71.0 Å². The quantitative estimate of drug-likeness (QED) is 0.562. The smallest absolute Gasteiger partial charge is 0.438 e. The summed E-state index contributed by atoms with van der Waals surface area (Å²) in [7, 11) is 0. The lowest BCUT2D eigenvalue weighted by atomic mass is 9.97. The summed E-state index contributed by atoms with van der Waals surface area (Å²) in [6.07, 6.45) is 0.412. The van der Waals surface area contributed by atoms with Crippen molar-refractivity contribution in [3.05, 3.63) is 72.1 Å². The van der Waals surface area contributed by atoms with E-state index >= 15 is 0 Å². The van der Waals surface area contributed by atoms with Crippen molar-refractivity contribution < 1.29 is 32.0 Å². The summed E-state index contributed by atoms with van der Waals surface area (Å²) in [5.41, 5.74) is 5.90. The fourth-order valence-electron chi connectivity index (χ4n) is 3.70. The van der Waals surface area contributed by atoms with Crippen molar-refractivity contribution in [3.8, 4) is 22.8 Å². The maximum Gasteiger partial charge on any atom is 0.573 e. The number of alkyl halides is 3. The lowest BCUT2D eigenvalue weighted by Crippen LogP contribution is -2.17. The third-order valence-corrected chi connectivity index (χ3v) is 5.42. The molecule has 0 radical (unpaired) electrons. The number of hydrogen-bond acceptors (Lipinski definition) is 7. The van der Waals surface area contributed by atoms with Crippen LogP contribution >= 0.6 is 0 Å². The van der Waals surface area contributed by atoms with E-state index in [1.165, 1.54) is 18.4 Å².